The molecule has 19 heavy (non-hydrogen) atoms. The summed E-state index contributed by atoms with van der Waals surface area (Å²) in [6.45, 7) is 7.30. The second-order valence-electron chi connectivity index (χ2n) is 4.92. The lowest BCUT2D eigenvalue weighted by Crippen LogP contribution is -2.33. The summed E-state index contributed by atoms with van der Waals surface area (Å²) in [5, 5.41) is 2.52. The number of likely N-dealkylation sites (tertiary alicyclic amines) is 1. The number of hydrogen-bond donors (Lipinski definition) is 2. The Morgan fingerprint density at radius 3 is 2.42 bits per heavy atom. The molecule has 1 aliphatic heterocycles. The summed E-state index contributed by atoms with van der Waals surface area (Å²) in [7, 11) is 2.00. The predicted molar refractivity (Wildman–Crippen MR) is 78.3 cm³/mol. The van der Waals surface area contributed by atoms with Crippen molar-refractivity contribution in [2.75, 3.05) is 20.1 Å². The highest BCUT2D eigenvalue weighted by Gasteiger charge is 2.25. The van der Waals surface area contributed by atoms with Gasteiger partial charge in [-0.25, -0.2) is 0 Å². The number of rotatable bonds is 2. The van der Waals surface area contributed by atoms with Crippen molar-refractivity contribution >= 4 is 5.91 Å². The van der Waals surface area contributed by atoms with Crippen LogP contribution in [0.2, 0.25) is 0 Å². The first-order valence-electron chi connectivity index (χ1n) is 6.44. The fourth-order valence-corrected chi connectivity index (χ4v) is 1.94. The Balaban J connectivity index is 0.000000218. The zero-order valence-corrected chi connectivity index (χ0v) is 11.7. The minimum Gasteiger partial charge on any atom is -0.386 e. The minimum absolute atomic E-state index is 0.00755. The van der Waals surface area contributed by atoms with E-state index in [1.807, 2.05) is 25.2 Å². The molecule has 0 spiro atoms. The normalized spacial score (nSPS) is 18.3. The van der Waals surface area contributed by atoms with E-state index in [1.165, 1.54) is 5.56 Å². The van der Waals surface area contributed by atoms with E-state index >= 15 is 0 Å². The van der Waals surface area contributed by atoms with Crippen LogP contribution in [0.15, 0.2) is 42.7 Å². The largest absolute Gasteiger partial charge is 0.386 e. The van der Waals surface area contributed by atoms with E-state index in [4.69, 9.17) is 5.73 Å². The smallest absolute Gasteiger partial charge is 0.229 e. The maximum absolute atomic E-state index is 11.3. The number of carbonyl (C=O) groups excluding carboxylic acids is 1. The molecule has 0 aromatic heterocycles. The molecule has 4 nitrogen and oxygen atoms in total. The first-order valence-corrected chi connectivity index (χ1v) is 6.44. The third kappa shape index (κ3) is 6.06. The van der Waals surface area contributed by atoms with Crippen molar-refractivity contribution in [1.29, 1.82) is 0 Å². The fraction of sp³-hybridized carbons (Fsp3) is 0.400. The van der Waals surface area contributed by atoms with Gasteiger partial charge in [0.05, 0.1) is 11.7 Å². The molecule has 0 aliphatic carbocycles. The summed E-state index contributed by atoms with van der Waals surface area (Å²) in [4.78, 5) is 13.5. The molecule has 104 valence electrons. The number of aryl methyl sites for hydroxylation is 1. The molecule has 2 rings (SSSR count). The molecule has 1 amide bonds. The van der Waals surface area contributed by atoms with E-state index in [0.717, 1.165) is 19.5 Å². The molecule has 3 N–H and O–H groups in total. The maximum atomic E-state index is 11.3. The van der Waals surface area contributed by atoms with Gasteiger partial charge in [-0.3, -0.25) is 4.79 Å². The van der Waals surface area contributed by atoms with Gasteiger partial charge in [0.25, 0.3) is 0 Å². The fourth-order valence-electron chi connectivity index (χ4n) is 1.94. The highest BCUT2D eigenvalue weighted by atomic mass is 16.2. The second kappa shape index (κ2) is 7.59. The molecular formula is C15H23N3O. The number of nitrogens with one attached hydrogen (secondary N) is 1. The van der Waals surface area contributed by atoms with Crippen molar-refractivity contribution in [3.8, 4) is 0 Å². The van der Waals surface area contributed by atoms with E-state index in [-0.39, 0.29) is 17.6 Å². The van der Waals surface area contributed by atoms with Crippen LogP contribution < -0.4 is 11.1 Å². The molecule has 1 heterocycles. The van der Waals surface area contributed by atoms with Gasteiger partial charge in [0.15, 0.2) is 0 Å². The third-order valence-electron chi connectivity index (χ3n) is 2.99. The molecule has 1 saturated heterocycles. The van der Waals surface area contributed by atoms with Gasteiger partial charge in [0, 0.05) is 6.54 Å². The monoisotopic (exact) mass is 261 g/mol. The van der Waals surface area contributed by atoms with E-state index in [2.05, 4.69) is 35.9 Å². The standard InChI is InChI=1S/C8H15N3O.C7H8/c1-6(9)10-8(12)7-3-4-11(2)5-7;1-7-5-3-2-4-6-7/h7H,1,3-5,9H2,2H3,(H,10,12);2-6H,1H3. The van der Waals surface area contributed by atoms with Gasteiger partial charge in [-0.05, 0) is 26.9 Å². The Morgan fingerprint density at radius 1 is 1.42 bits per heavy atom. The Bertz CT molecular complexity index is 417. The second-order valence-corrected chi connectivity index (χ2v) is 4.92. The average Bonchev–Trinajstić information content (AvgIpc) is 2.77. The van der Waals surface area contributed by atoms with Crippen molar-refractivity contribution in [3.63, 3.8) is 0 Å². The van der Waals surface area contributed by atoms with E-state index < -0.39 is 0 Å². The summed E-state index contributed by atoms with van der Waals surface area (Å²) < 4.78 is 0. The van der Waals surface area contributed by atoms with Crippen LogP contribution in [0.25, 0.3) is 0 Å². The van der Waals surface area contributed by atoms with Crippen LogP contribution in [0.1, 0.15) is 12.0 Å². The van der Waals surface area contributed by atoms with Gasteiger partial charge in [0.2, 0.25) is 5.91 Å². The van der Waals surface area contributed by atoms with Gasteiger partial charge in [-0.15, -0.1) is 0 Å². The molecule has 1 fully saturated rings. The molecule has 4 heteroatoms. The molecule has 1 aromatic carbocycles. The SMILES string of the molecule is C=C(N)NC(=O)C1CCN(C)C1.Cc1ccccc1. The van der Waals surface area contributed by atoms with Crippen molar-refractivity contribution in [3.05, 3.63) is 48.3 Å². The van der Waals surface area contributed by atoms with Crippen molar-refractivity contribution < 1.29 is 4.79 Å². The topological polar surface area (TPSA) is 58.4 Å². The lowest BCUT2D eigenvalue weighted by Gasteiger charge is -2.10. The molecular weight excluding hydrogens is 238 g/mol. The number of carbonyl (C=O) groups is 1. The lowest BCUT2D eigenvalue weighted by atomic mass is 10.1. The van der Waals surface area contributed by atoms with Crippen LogP contribution in [0.4, 0.5) is 0 Å². The Hall–Kier alpha value is -1.81. The van der Waals surface area contributed by atoms with Gasteiger partial charge < -0.3 is 16.0 Å². The Labute approximate surface area is 115 Å². The number of hydrogen-bond acceptors (Lipinski definition) is 3. The number of nitrogens with two attached hydrogens (primary N) is 1. The van der Waals surface area contributed by atoms with Crippen molar-refractivity contribution in [2.24, 2.45) is 11.7 Å². The number of amides is 1. The summed E-state index contributed by atoms with van der Waals surface area (Å²) in [5.41, 5.74) is 6.58. The summed E-state index contributed by atoms with van der Waals surface area (Å²) >= 11 is 0. The molecule has 0 saturated carbocycles. The third-order valence-corrected chi connectivity index (χ3v) is 2.99. The number of benzene rings is 1. The van der Waals surface area contributed by atoms with Crippen molar-refractivity contribution in [1.82, 2.24) is 10.2 Å². The zero-order valence-electron chi connectivity index (χ0n) is 11.7. The van der Waals surface area contributed by atoms with Crippen LogP contribution in [0.5, 0.6) is 0 Å². The summed E-state index contributed by atoms with van der Waals surface area (Å²) in [5.74, 6) is 0.303. The quantitative estimate of drug-likeness (QED) is 0.848. The molecule has 1 aromatic rings. The van der Waals surface area contributed by atoms with E-state index in [0.29, 0.717) is 0 Å². The molecule has 0 bridgehead atoms. The highest BCUT2D eigenvalue weighted by molar-refractivity contribution is 5.80. The first kappa shape index (κ1) is 15.2. The number of nitrogens with zero attached hydrogens (tertiary/aromatic N) is 1. The van der Waals surface area contributed by atoms with E-state index in [1.54, 1.807) is 0 Å². The van der Waals surface area contributed by atoms with Gasteiger partial charge >= 0.3 is 0 Å². The first-order chi connectivity index (χ1) is 8.99. The van der Waals surface area contributed by atoms with Crippen LogP contribution in [-0.2, 0) is 4.79 Å². The Morgan fingerprint density at radius 2 is 2.05 bits per heavy atom. The van der Waals surface area contributed by atoms with Crippen LogP contribution in [0.3, 0.4) is 0 Å². The molecule has 1 aliphatic rings. The van der Waals surface area contributed by atoms with Gasteiger partial charge in [-0.1, -0.05) is 42.5 Å². The van der Waals surface area contributed by atoms with Crippen LogP contribution >= 0.6 is 0 Å². The van der Waals surface area contributed by atoms with Gasteiger partial charge in [0.1, 0.15) is 0 Å². The average molecular weight is 261 g/mol. The minimum atomic E-state index is -0.00755. The van der Waals surface area contributed by atoms with Crippen LogP contribution in [0, 0.1) is 12.8 Å². The molecule has 1 atom stereocenters. The molecule has 0 radical (unpaired) electrons. The van der Waals surface area contributed by atoms with Gasteiger partial charge in [-0.2, -0.15) is 0 Å². The highest BCUT2D eigenvalue weighted by Crippen LogP contribution is 2.13. The molecule has 1 unspecified atom stereocenters. The summed E-state index contributed by atoms with van der Waals surface area (Å²) in [6, 6.07) is 10.3. The predicted octanol–water partition coefficient (Wildman–Crippen LogP) is 1.48. The van der Waals surface area contributed by atoms with E-state index in [9.17, 15) is 4.79 Å². The van der Waals surface area contributed by atoms with Crippen molar-refractivity contribution in [2.45, 2.75) is 13.3 Å². The summed E-state index contributed by atoms with van der Waals surface area (Å²) in [6.07, 6.45) is 0.912. The Kier molecular flexibility index (Phi) is 6.09. The zero-order chi connectivity index (χ0) is 14.3. The van der Waals surface area contributed by atoms with Crippen LogP contribution in [-0.4, -0.2) is 30.9 Å². The lowest BCUT2D eigenvalue weighted by molar-refractivity contribution is -0.123. The maximum Gasteiger partial charge on any atom is 0.229 e.